The molecular formula is C25H34N2O2. The van der Waals surface area contributed by atoms with Crippen molar-refractivity contribution < 1.29 is 9.53 Å². The number of benzene rings is 2. The van der Waals surface area contributed by atoms with E-state index in [1.165, 1.54) is 28.8 Å². The van der Waals surface area contributed by atoms with E-state index < -0.39 is 0 Å². The molecule has 4 nitrogen and oxygen atoms in total. The van der Waals surface area contributed by atoms with E-state index in [9.17, 15) is 4.79 Å². The van der Waals surface area contributed by atoms with Crippen molar-refractivity contribution in [3.8, 4) is 0 Å². The molecule has 1 N–H and O–H groups in total. The van der Waals surface area contributed by atoms with Crippen molar-refractivity contribution in [1.29, 1.82) is 0 Å². The van der Waals surface area contributed by atoms with Gasteiger partial charge in [-0.3, -0.25) is 0 Å². The van der Waals surface area contributed by atoms with Crippen LogP contribution in [0.2, 0.25) is 0 Å². The monoisotopic (exact) mass is 394 g/mol. The zero-order chi connectivity index (χ0) is 21.2. The molecule has 156 valence electrons. The van der Waals surface area contributed by atoms with E-state index in [1.54, 1.807) is 0 Å². The summed E-state index contributed by atoms with van der Waals surface area (Å²) in [4.78, 5) is 14.3. The second-order valence-corrected chi connectivity index (χ2v) is 8.87. The fourth-order valence-electron chi connectivity index (χ4n) is 4.04. The lowest BCUT2D eigenvalue weighted by Crippen LogP contribution is -2.41. The fraction of sp³-hybridized carbons (Fsp3) is 0.480. The summed E-state index contributed by atoms with van der Waals surface area (Å²) in [5, 5.41) is 3.50. The molecule has 0 aliphatic carbocycles. The molecule has 1 aliphatic rings. The van der Waals surface area contributed by atoms with Crippen molar-refractivity contribution in [2.45, 2.75) is 66.0 Å². The number of hydrogen-bond acceptors (Lipinski definition) is 4. The Kier molecular flexibility index (Phi) is 6.21. The number of carbonyl (C=O) groups is 1. The van der Waals surface area contributed by atoms with Crippen molar-refractivity contribution in [2.75, 3.05) is 23.4 Å². The van der Waals surface area contributed by atoms with Crippen LogP contribution < -0.4 is 10.2 Å². The van der Waals surface area contributed by atoms with Crippen molar-refractivity contribution in [3.05, 3.63) is 58.7 Å². The number of ether oxygens (including phenoxy) is 1. The van der Waals surface area contributed by atoms with E-state index in [0.717, 1.165) is 18.8 Å². The van der Waals surface area contributed by atoms with Crippen LogP contribution in [0.1, 0.15) is 68.1 Å². The fourth-order valence-corrected chi connectivity index (χ4v) is 4.04. The molecule has 0 fully saturated rings. The number of carbonyl (C=O) groups excluding carboxylic acids is 1. The van der Waals surface area contributed by atoms with E-state index in [2.05, 4.69) is 57.0 Å². The lowest BCUT2D eigenvalue weighted by Gasteiger charge is -2.43. The van der Waals surface area contributed by atoms with Gasteiger partial charge in [0, 0.05) is 30.5 Å². The first kappa shape index (κ1) is 21.2. The summed E-state index contributed by atoms with van der Waals surface area (Å²) < 4.78 is 5.05. The average molecular weight is 395 g/mol. The summed E-state index contributed by atoms with van der Waals surface area (Å²) in [5.41, 5.74) is 7.24. The van der Waals surface area contributed by atoms with Crippen LogP contribution in [0.15, 0.2) is 36.4 Å². The Morgan fingerprint density at radius 2 is 1.90 bits per heavy atom. The number of nitrogens with one attached hydrogen (secondary N) is 1. The van der Waals surface area contributed by atoms with Gasteiger partial charge in [0.25, 0.3) is 0 Å². The van der Waals surface area contributed by atoms with Gasteiger partial charge in [-0.1, -0.05) is 19.9 Å². The van der Waals surface area contributed by atoms with Crippen molar-refractivity contribution in [3.63, 3.8) is 0 Å². The number of hydrogen-bond donors (Lipinski definition) is 1. The highest BCUT2D eigenvalue weighted by Crippen LogP contribution is 2.41. The second-order valence-electron chi connectivity index (χ2n) is 8.87. The van der Waals surface area contributed by atoms with E-state index >= 15 is 0 Å². The molecule has 29 heavy (non-hydrogen) atoms. The van der Waals surface area contributed by atoms with Gasteiger partial charge < -0.3 is 15.0 Å². The van der Waals surface area contributed by atoms with Gasteiger partial charge in [0.2, 0.25) is 0 Å². The standard InChI is InChI=1S/C25H34N2O2/c1-7-29-24(28)19-8-10-21(11-9-19)26-16-20-15-23-22(14-18(20)4)25(5,6)12-13-27(23)17(2)3/h8-11,14-15,17,26H,7,12-13,16H2,1-6H3. The molecule has 0 radical (unpaired) electrons. The van der Waals surface area contributed by atoms with Gasteiger partial charge >= 0.3 is 5.97 Å². The quantitative estimate of drug-likeness (QED) is 0.640. The zero-order valence-electron chi connectivity index (χ0n) is 18.6. The molecule has 2 aromatic rings. The molecule has 3 rings (SSSR count). The number of esters is 1. The maximum atomic E-state index is 11.8. The van der Waals surface area contributed by atoms with Gasteiger partial charge in [0.1, 0.15) is 0 Å². The Balaban J connectivity index is 1.80. The topological polar surface area (TPSA) is 41.6 Å². The Morgan fingerprint density at radius 1 is 1.21 bits per heavy atom. The maximum absolute atomic E-state index is 11.8. The smallest absolute Gasteiger partial charge is 0.338 e. The van der Waals surface area contributed by atoms with Gasteiger partial charge in [0.15, 0.2) is 0 Å². The van der Waals surface area contributed by atoms with Gasteiger partial charge in [-0.15, -0.1) is 0 Å². The van der Waals surface area contributed by atoms with Crippen LogP contribution in [-0.4, -0.2) is 25.2 Å². The van der Waals surface area contributed by atoms with Crippen molar-refractivity contribution >= 4 is 17.3 Å². The minimum absolute atomic E-state index is 0.209. The molecule has 0 aromatic heterocycles. The van der Waals surface area contributed by atoms with Gasteiger partial charge in [-0.25, -0.2) is 4.79 Å². The molecule has 0 amide bonds. The minimum atomic E-state index is -0.277. The summed E-state index contributed by atoms with van der Waals surface area (Å²) in [6.45, 7) is 15.5. The van der Waals surface area contributed by atoms with Crippen LogP contribution >= 0.6 is 0 Å². The Bertz CT molecular complexity index is 869. The number of fused-ring (bicyclic) bond motifs is 1. The third-order valence-corrected chi connectivity index (χ3v) is 5.97. The Morgan fingerprint density at radius 3 is 2.52 bits per heavy atom. The Hall–Kier alpha value is -2.49. The minimum Gasteiger partial charge on any atom is -0.462 e. The number of rotatable bonds is 6. The summed E-state index contributed by atoms with van der Waals surface area (Å²) in [6.07, 6.45) is 1.18. The van der Waals surface area contributed by atoms with Gasteiger partial charge in [-0.2, -0.15) is 0 Å². The summed E-state index contributed by atoms with van der Waals surface area (Å²) >= 11 is 0. The maximum Gasteiger partial charge on any atom is 0.338 e. The van der Waals surface area contributed by atoms with Gasteiger partial charge in [-0.05, 0) is 86.6 Å². The molecule has 0 saturated carbocycles. The van der Waals surface area contributed by atoms with Crippen molar-refractivity contribution in [2.24, 2.45) is 0 Å². The zero-order valence-corrected chi connectivity index (χ0v) is 18.6. The Labute approximate surface area is 175 Å². The number of nitrogens with zero attached hydrogens (tertiary/aromatic N) is 1. The molecular weight excluding hydrogens is 360 g/mol. The van der Waals surface area contributed by atoms with Crippen molar-refractivity contribution in [1.82, 2.24) is 0 Å². The highest BCUT2D eigenvalue weighted by molar-refractivity contribution is 5.89. The van der Waals surface area contributed by atoms with Crippen LogP contribution in [-0.2, 0) is 16.7 Å². The summed E-state index contributed by atoms with van der Waals surface area (Å²) in [5.74, 6) is -0.277. The molecule has 0 spiro atoms. The molecule has 2 aromatic carbocycles. The first-order valence-corrected chi connectivity index (χ1v) is 10.6. The molecule has 0 bridgehead atoms. The first-order chi connectivity index (χ1) is 13.7. The number of aryl methyl sites for hydroxylation is 1. The summed E-state index contributed by atoms with van der Waals surface area (Å²) in [7, 11) is 0. The molecule has 0 unspecified atom stereocenters. The van der Waals surface area contributed by atoms with Gasteiger partial charge in [0.05, 0.1) is 12.2 Å². The van der Waals surface area contributed by atoms with E-state index in [4.69, 9.17) is 4.74 Å². The third-order valence-electron chi connectivity index (χ3n) is 5.97. The average Bonchev–Trinajstić information content (AvgIpc) is 2.67. The first-order valence-electron chi connectivity index (χ1n) is 10.6. The van der Waals surface area contributed by atoms with E-state index in [1.807, 2.05) is 31.2 Å². The molecule has 1 heterocycles. The molecule has 4 heteroatoms. The van der Waals surface area contributed by atoms with Crippen LogP contribution in [0.5, 0.6) is 0 Å². The summed E-state index contributed by atoms with van der Waals surface area (Å²) in [6, 6.07) is 12.7. The van der Waals surface area contributed by atoms with Crippen LogP contribution in [0.3, 0.4) is 0 Å². The predicted octanol–water partition coefficient (Wildman–Crippen LogP) is 5.68. The largest absolute Gasteiger partial charge is 0.462 e. The van der Waals surface area contributed by atoms with E-state index in [0.29, 0.717) is 18.2 Å². The van der Waals surface area contributed by atoms with Crippen LogP contribution in [0, 0.1) is 6.92 Å². The second kappa shape index (κ2) is 8.48. The van der Waals surface area contributed by atoms with Crippen LogP contribution in [0.4, 0.5) is 11.4 Å². The third kappa shape index (κ3) is 4.58. The van der Waals surface area contributed by atoms with E-state index in [-0.39, 0.29) is 11.4 Å². The molecule has 1 aliphatic heterocycles. The predicted molar refractivity (Wildman–Crippen MR) is 121 cm³/mol. The number of anilines is 2. The lowest BCUT2D eigenvalue weighted by atomic mass is 9.76. The molecule has 0 atom stereocenters. The highest BCUT2D eigenvalue weighted by Gasteiger charge is 2.32. The normalized spacial score (nSPS) is 15.2. The van der Waals surface area contributed by atoms with Crippen LogP contribution in [0.25, 0.3) is 0 Å². The molecule has 0 saturated heterocycles. The SMILES string of the molecule is CCOC(=O)c1ccc(NCc2cc3c(cc2C)C(C)(C)CCN3C(C)C)cc1. The highest BCUT2D eigenvalue weighted by atomic mass is 16.5. The lowest BCUT2D eigenvalue weighted by molar-refractivity contribution is 0.0526.